The van der Waals surface area contributed by atoms with E-state index >= 15 is 0 Å². The molecule has 0 aliphatic rings. The molecule has 0 radical (unpaired) electrons. The molecular formula is C17H22N2O4. The fourth-order valence-electron chi connectivity index (χ4n) is 2.27. The minimum Gasteiger partial charge on any atom is -0.493 e. The Morgan fingerprint density at radius 1 is 1.30 bits per heavy atom. The van der Waals surface area contributed by atoms with Crippen molar-refractivity contribution in [1.82, 2.24) is 10.5 Å². The lowest BCUT2D eigenvalue weighted by molar-refractivity contribution is -0.120. The first-order valence-corrected chi connectivity index (χ1v) is 7.53. The van der Waals surface area contributed by atoms with Gasteiger partial charge in [-0.05, 0) is 38.5 Å². The molecule has 1 N–H and O–H groups in total. The number of methoxy groups -OCH3 is 1. The van der Waals surface area contributed by atoms with Gasteiger partial charge < -0.3 is 19.3 Å². The molecule has 0 saturated heterocycles. The predicted molar refractivity (Wildman–Crippen MR) is 85.7 cm³/mol. The Morgan fingerprint density at radius 2 is 2.09 bits per heavy atom. The average molecular weight is 318 g/mol. The van der Waals surface area contributed by atoms with Crippen molar-refractivity contribution in [2.75, 3.05) is 13.7 Å². The molecule has 1 amide bonds. The number of ether oxygens (including phenoxy) is 2. The van der Waals surface area contributed by atoms with Crippen LogP contribution in [0.1, 0.15) is 29.5 Å². The highest BCUT2D eigenvalue weighted by Crippen LogP contribution is 2.28. The number of benzene rings is 1. The summed E-state index contributed by atoms with van der Waals surface area (Å²) in [4.78, 5) is 12.1. The molecule has 124 valence electrons. The fraction of sp³-hybridized carbons (Fsp3) is 0.412. The number of carbonyl (C=O) groups is 1. The van der Waals surface area contributed by atoms with E-state index in [-0.39, 0.29) is 12.3 Å². The Kier molecular flexibility index (Phi) is 5.62. The van der Waals surface area contributed by atoms with Gasteiger partial charge in [-0.2, -0.15) is 0 Å². The van der Waals surface area contributed by atoms with Gasteiger partial charge in [-0.15, -0.1) is 0 Å². The Balaban J connectivity index is 1.96. The van der Waals surface area contributed by atoms with E-state index in [0.29, 0.717) is 30.4 Å². The molecule has 1 aromatic heterocycles. The van der Waals surface area contributed by atoms with E-state index in [1.54, 1.807) is 14.0 Å². The summed E-state index contributed by atoms with van der Waals surface area (Å²) in [6, 6.07) is 5.61. The van der Waals surface area contributed by atoms with Crippen molar-refractivity contribution in [3.05, 3.63) is 40.8 Å². The van der Waals surface area contributed by atoms with Crippen LogP contribution in [0, 0.1) is 13.8 Å². The van der Waals surface area contributed by atoms with Crippen molar-refractivity contribution in [3.8, 4) is 11.5 Å². The smallest absolute Gasteiger partial charge is 0.224 e. The third-order valence-electron chi connectivity index (χ3n) is 3.54. The molecule has 0 atom stereocenters. The summed E-state index contributed by atoms with van der Waals surface area (Å²) in [5, 5.41) is 6.74. The Morgan fingerprint density at radius 3 is 2.70 bits per heavy atom. The van der Waals surface area contributed by atoms with E-state index in [0.717, 1.165) is 16.8 Å². The fourth-order valence-corrected chi connectivity index (χ4v) is 2.27. The standard InChI is InChI=1S/C17H22N2O4/c1-5-22-15-7-6-13(8-16(15)21-4)10-18-17(20)9-14-11(2)19-23-12(14)3/h6-8H,5,9-10H2,1-4H3,(H,18,20). The molecular weight excluding hydrogens is 296 g/mol. The van der Waals surface area contributed by atoms with E-state index in [1.807, 2.05) is 32.0 Å². The monoisotopic (exact) mass is 318 g/mol. The third kappa shape index (κ3) is 4.25. The van der Waals surface area contributed by atoms with E-state index in [1.165, 1.54) is 0 Å². The summed E-state index contributed by atoms with van der Waals surface area (Å²) in [5.41, 5.74) is 2.53. The summed E-state index contributed by atoms with van der Waals surface area (Å²) in [7, 11) is 1.59. The Labute approximate surface area is 135 Å². The van der Waals surface area contributed by atoms with Crippen LogP contribution in [0.5, 0.6) is 11.5 Å². The lowest BCUT2D eigenvalue weighted by Gasteiger charge is -2.11. The van der Waals surface area contributed by atoms with Crippen LogP contribution in [0.15, 0.2) is 22.7 Å². The number of carbonyl (C=O) groups excluding carboxylic acids is 1. The Bertz CT molecular complexity index is 660. The molecule has 2 rings (SSSR count). The zero-order chi connectivity index (χ0) is 16.8. The molecule has 0 saturated carbocycles. The lowest BCUT2D eigenvalue weighted by Crippen LogP contribution is -2.25. The number of amides is 1. The molecule has 1 aromatic carbocycles. The minimum atomic E-state index is -0.0766. The summed E-state index contributed by atoms with van der Waals surface area (Å²) in [5.74, 6) is 1.96. The van der Waals surface area contributed by atoms with Crippen LogP contribution in [-0.2, 0) is 17.8 Å². The number of rotatable bonds is 7. The highest BCUT2D eigenvalue weighted by atomic mass is 16.5. The van der Waals surface area contributed by atoms with Gasteiger partial charge in [-0.1, -0.05) is 11.2 Å². The minimum absolute atomic E-state index is 0.0766. The molecule has 0 fully saturated rings. The maximum absolute atomic E-state index is 12.1. The van der Waals surface area contributed by atoms with Gasteiger partial charge in [0.1, 0.15) is 5.76 Å². The van der Waals surface area contributed by atoms with Gasteiger partial charge in [0.25, 0.3) is 0 Å². The van der Waals surface area contributed by atoms with E-state index in [9.17, 15) is 4.79 Å². The first-order chi connectivity index (χ1) is 11.0. The average Bonchev–Trinajstić information content (AvgIpc) is 2.86. The second-order valence-corrected chi connectivity index (χ2v) is 5.17. The van der Waals surface area contributed by atoms with E-state index in [2.05, 4.69) is 10.5 Å². The summed E-state index contributed by atoms with van der Waals surface area (Å²) >= 11 is 0. The van der Waals surface area contributed by atoms with Gasteiger partial charge in [0.2, 0.25) is 5.91 Å². The molecule has 1 heterocycles. The SMILES string of the molecule is CCOc1ccc(CNC(=O)Cc2c(C)noc2C)cc1OC. The third-order valence-corrected chi connectivity index (χ3v) is 3.54. The molecule has 0 bridgehead atoms. The molecule has 0 aliphatic heterocycles. The van der Waals surface area contributed by atoms with Crippen LogP contribution < -0.4 is 14.8 Å². The molecule has 6 heteroatoms. The summed E-state index contributed by atoms with van der Waals surface area (Å²) < 4.78 is 15.8. The van der Waals surface area contributed by atoms with Crippen molar-refractivity contribution in [3.63, 3.8) is 0 Å². The number of nitrogens with one attached hydrogen (secondary N) is 1. The normalized spacial score (nSPS) is 10.4. The quantitative estimate of drug-likeness (QED) is 0.849. The maximum atomic E-state index is 12.1. The van der Waals surface area contributed by atoms with Gasteiger partial charge in [-0.25, -0.2) is 0 Å². The topological polar surface area (TPSA) is 73.6 Å². The van der Waals surface area contributed by atoms with E-state index in [4.69, 9.17) is 14.0 Å². The molecule has 23 heavy (non-hydrogen) atoms. The van der Waals surface area contributed by atoms with Gasteiger partial charge in [0, 0.05) is 12.1 Å². The molecule has 2 aromatic rings. The second kappa shape index (κ2) is 7.67. The van der Waals surface area contributed by atoms with Crippen molar-refractivity contribution in [2.45, 2.75) is 33.7 Å². The summed E-state index contributed by atoms with van der Waals surface area (Å²) in [6.07, 6.45) is 0.259. The first-order valence-electron chi connectivity index (χ1n) is 7.53. The van der Waals surface area contributed by atoms with Crippen LogP contribution >= 0.6 is 0 Å². The van der Waals surface area contributed by atoms with Crippen LogP contribution in [0.3, 0.4) is 0 Å². The van der Waals surface area contributed by atoms with E-state index < -0.39 is 0 Å². The van der Waals surface area contributed by atoms with Gasteiger partial charge in [0.15, 0.2) is 11.5 Å². The van der Waals surface area contributed by atoms with Crippen molar-refractivity contribution >= 4 is 5.91 Å². The van der Waals surface area contributed by atoms with Crippen molar-refractivity contribution in [2.24, 2.45) is 0 Å². The largest absolute Gasteiger partial charge is 0.493 e. The summed E-state index contributed by atoms with van der Waals surface area (Å²) in [6.45, 7) is 6.55. The van der Waals surface area contributed by atoms with Crippen LogP contribution in [0.25, 0.3) is 0 Å². The van der Waals surface area contributed by atoms with Crippen LogP contribution in [0.2, 0.25) is 0 Å². The zero-order valence-corrected chi connectivity index (χ0v) is 13.9. The highest BCUT2D eigenvalue weighted by Gasteiger charge is 2.13. The molecule has 6 nitrogen and oxygen atoms in total. The van der Waals surface area contributed by atoms with Crippen molar-refractivity contribution in [1.29, 1.82) is 0 Å². The zero-order valence-electron chi connectivity index (χ0n) is 13.9. The number of hydrogen-bond donors (Lipinski definition) is 1. The predicted octanol–water partition coefficient (Wildman–Crippen LogP) is 2.56. The Hall–Kier alpha value is -2.50. The first kappa shape index (κ1) is 16.9. The van der Waals surface area contributed by atoms with Crippen LogP contribution in [0.4, 0.5) is 0 Å². The van der Waals surface area contributed by atoms with Crippen LogP contribution in [-0.4, -0.2) is 24.8 Å². The molecule has 0 aliphatic carbocycles. The van der Waals surface area contributed by atoms with Gasteiger partial charge in [0.05, 0.1) is 25.8 Å². The highest BCUT2D eigenvalue weighted by molar-refractivity contribution is 5.79. The van der Waals surface area contributed by atoms with Gasteiger partial charge >= 0.3 is 0 Å². The number of hydrogen-bond acceptors (Lipinski definition) is 5. The molecule has 0 spiro atoms. The van der Waals surface area contributed by atoms with Gasteiger partial charge in [-0.3, -0.25) is 4.79 Å². The maximum Gasteiger partial charge on any atom is 0.224 e. The van der Waals surface area contributed by atoms with Crippen molar-refractivity contribution < 1.29 is 18.8 Å². The number of aryl methyl sites for hydroxylation is 2. The number of aromatic nitrogens is 1. The molecule has 0 unspecified atom stereocenters. The lowest BCUT2D eigenvalue weighted by atomic mass is 10.1. The number of nitrogens with zero attached hydrogens (tertiary/aromatic N) is 1. The second-order valence-electron chi connectivity index (χ2n) is 5.17.